The summed E-state index contributed by atoms with van der Waals surface area (Å²) < 4.78 is 0. The summed E-state index contributed by atoms with van der Waals surface area (Å²) in [6, 6.07) is 6.23. The monoisotopic (exact) mass is 193 g/mol. The Morgan fingerprint density at radius 2 is 1.77 bits per heavy atom. The number of aromatic nitrogens is 1. The molecular formula is C11H19NSi. The van der Waals surface area contributed by atoms with Gasteiger partial charge in [-0.05, 0) is 17.2 Å². The predicted octanol–water partition coefficient (Wildman–Crippen LogP) is 2.80. The number of rotatable bonds is 1. The van der Waals surface area contributed by atoms with Crippen molar-refractivity contribution in [1.82, 2.24) is 4.98 Å². The molecule has 1 heterocycles. The van der Waals surface area contributed by atoms with Crippen molar-refractivity contribution in [3.8, 4) is 0 Å². The van der Waals surface area contributed by atoms with Gasteiger partial charge in [0.25, 0.3) is 0 Å². The van der Waals surface area contributed by atoms with E-state index in [0.29, 0.717) is 5.04 Å². The van der Waals surface area contributed by atoms with E-state index in [0.717, 1.165) is 0 Å². The number of hydrogen-bond donors (Lipinski definition) is 0. The molecule has 0 atom stereocenters. The number of hydrogen-bond acceptors (Lipinski definition) is 1. The minimum absolute atomic E-state index is 0.376. The van der Waals surface area contributed by atoms with Crippen LogP contribution in [0.3, 0.4) is 0 Å². The minimum atomic E-state index is -1.39. The highest BCUT2D eigenvalue weighted by Gasteiger charge is 2.37. The first-order chi connectivity index (χ1) is 5.86. The molecule has 0 N–H and O–H groups in total. The second-order valence-corrected chi connectivity index (χ2v) is 10.4. The summed E-state index contributed by atoms with van der Waals surface area (Å²) in [6.07, 6.45) is 1.90. The third-order valence-corrected chi connectivity index (χ3v) is 8.51. The van der Waals surface area contributed by atoms with Crippen molar-refractivity contribution in [2.45, 2.75) is 38.9 Å². The van der Waals surface area contributed by atoms with Gasteiger partial charge in [0.05, 0.1) is 0 Å². The van der Waals surface area contributed by atoms with Crippen LogP contribution in [-0.2, 0) is 0 Å². The van der Waals surface area contributed by atoms with E-state index in [-0.39, 0.29) is 0 Å². The van der Waals surface area contributed by atoms with Crippen molar-refractivity contribution >= 4 is 13.4 Å². The van der Waals surface area contributed by atoms with E-state index in [4.69, 9.17) is 0 Å². The lowest BCUT2D eigenvalue weighted by atomic mass is 10.2. The van der Waals surface area contributed by atoms with Crippen LogP contribution >= 0.6 is 0 Å². The standard InChI is InChI=1S/C11H19NSi/c1-11(2,3)13(4,5)10-8-6-7-9-12-10/h6-9H,1-5H3. The highest BCUT2D eigenvalue weighted by molar-refractivity contribution is 6.91. The number of nitrogens with zero attached hydrogens (tertiary/aromatic N) is 1. The molecule has 0 spiro atoms. The van der Waals surface area contributed by atoms with Crippen molar-refractivity contribution in [3.63, 3.8) is 0 Å². The van der Waals surface area contributed by atoms with E-state index >= 15 is 0 Å². The molecule has 72 valence electrons. The molecule has 0 unspecified atom stereocenters. The van der Waals surface area contributed by atoms with Gasteiger partial charge in [-0.3, -0.25) is 4.98 Å². The Balaban J connectivity index is 3.08. The molecule has 0 amide bonds. The summed E-state index contributed by atoms with van der Waals surface area (Å²) in [4.78, 5) is 4.48. The molecule has 0 aromatic carbocycles. The van der Waals surface area contributed by atoms with Gasteiger partial charge in [0.15, 0.2) is 0 Å². The van der Waals surface area contributed by atoms with Crippen LogP contribution in [0.15, 0.2) is 24.4 Å². The lowest BCUT2D eigenvalue weighted by Crippen LogP contribution is -2.50. The van der Waals surface area contributed by atoms with Crippen LogP contribution < -0.4 is 5.32 Å². The highest BCUT2D eigenvalue weighted by atomic mass is 28.3. The molecular weight excluding hydrogens is 174 g/mol. The molecule has 0 bridgehead atoms. The summed E-state index contributed by atoms with van der Waals surface area (Å²) in [7, 11) is -1.39. The van der Waals surface area contributed by atoms with Gasteiger partial charge in [-0.25, -0.2) is 0 Å². The van der Waals surface area contributed by atoms with Gasteiger partial charge in [-0.1, -0.05) is 39.9 Å². The van der Waals surface area contributed by atoms with E-state index in [2.05, 4.69) is 51.0 Å². The zero-order valence-corrected chi connectivity index (χ0v) is 10.3. The van der Waals surface area contributed by atoms with Crippen LogP contribution in [0.25, 0.3) is 0 Å². The van der Waals surface area contributed by atoms with Crippen LogP contribution in [0, 0.1) is 0 Å². The van der Waals surface area contributed by atoms with E-state index in [1.165, 1.54) is 5.32 Å². The van der Waals surface area contributed by atoms with Crippen molar-refractivity contribution in [1.29, 1.82) is 0 Å². The largest absolute Gasteiger partial charge is 0.266 e. The molecule has 0 radical (unpaired) electrons. The third-order valence-electron chi connectivity index (χ3n) is 3.18. The van der Waals surface area contributed by atoms with Gasteiger partial charge in [-0.15, -0.1) is 0 Å². The fourth-order valence-electron chi connectivity index (χ4n) is 1.12. The zero-order valence-electron chi connectivity index (χ0n) is 9.26. The molecule has 0 saturated heterocycles. The molecule has 0 aliphatic carbocycles. The van der Waals surface area contributed by atoms with Gasteiger partial charge < -0.3 is 0 Å². The van der Waals surface area contributed by atoms with Crippen molar-refractivity contribution in [2.75, 3.05) is 0 Å². The maximum atomic E-state index is 4.48. The Bertz CT molecular complexity index is 272. The second kappa shape index (κ2) is 3.26. The third kappa shape index (κ3) is 1.99. The van der Waals surface area contributed by atoms with Crippen molar-refractivity contribution in [3.05, 3.63) is 24.4 Å². The molecule has 0 aliphatic rings. The first-order valence-corrected chi connectivity index (χ1v) is 7.77. The molecule has 1 aromatic rings. The molecule has 2 heteroatoms. The van der Waals surface area contributed by atoms with Crippen LogP contribution in [0.4, 0.5) is 0 Å². The smallest absolute Gasteiger partial charge is 0.109 e. The minimum Gasteiger partial charge on any atom is -0.266 e. The Morgan fingerprint density at radius 3 is 2.15 bits per heavy atom. The summed E-state index contributed by atoms with van der Waals surface area (Å²) in [5.41, 5.74) is 0. The molecule has 1 rings (SSSR count). The maximum absolute atomic E-state index is 4.48. The molecule has 1 aromatic heterocycles. The quantitative estimate of drug-likeness (QED) is 0.625. The van der Waals surface area contributed by atoms with E-state index in [9.17, 15) is 0 Å². The number of pyridine rings is 1. The fraction of sp³-hybridized carbons (Fsp3) is 0.545. The van der Waals surface area contributed by atoms with Gasteiger partial charge in [-0.2, -0.15) is 0 Å². The predicted molar refractivity (Wildman–Crippen MR) is 61.1 cm³/mol. The summed E-state index contributed by atoms with van der Waals surface area (Å²) in [5.74, 6) is 0. The van der Waals surface area contributed by atoms with E-state index in [1.54, 1.807) is 0 Å². The van der Waals surface area contributed by atoms with Gasteiger partial charge in [0, 0.05) is 11.5 Å². The van der Waals surface area contributed by atoms with Gasteiger partial charge >= 0.3 is 0 Å². The van der Waals surface area contributed by atoms with E-state index < -0.39 is 8.07 Å². The maximum Gasteiger partial charge on any atom is 0.109 e. The SMILES string of the molecule is CC(C)(C)[Si](C)(C)c1ccccn1. The van der Waals surface area contributed by atoms with Gasteiger partial charge in [0.1, 0.15) is 8.07 Å². The average molecular weight is 193 g/mol. The van der Waals surface area contributed by atoms with Crippen LogP contribution in [0.5, 0.6) is 0 Å². The Labute approximate surface area is 82.2 Å². The summed E-state index contributed by atoms with van der Waals surface area (Å²) in [6.45, 7) is 11.7. The summed E-state index contributed by atoms with van der Waals surface area (Å²) in [5, 5.41) is 1.68. The second-order valence-electron chi connectivity index (χ2n) is 5.09. The molecule has 0 saturated carbocycles. The first kappa shape index (κ1) is 10.4. The van der Waals surface area contributed by atoms with Crippen LogP contribution in [0.1, 0.15) is 20.8 Å². The summed E-state index contributed by atoms with van der Waals surface area (Å²) >= 11 is 0. The normalized spacial score (nSPS) is 13.0. The molecule has 0 fully saturated rings. The fourth-order valence-corrected chi connectivity index (χ4v) is 2.80. The Hall–Kier alpha value is -0.633. The Kier molecular flexibility index (Phi) is 2.62. The lowest BCUT2D eigenvalue weighted by molar-refractivity contribution is 0.728. The van der Waals surface area contributed by atoms with Gasteiger partial charge in [0.2, 0.25) is 0 Å². The molecule has 13 heavy (non-hydrogen) atoms. The topological polar surface area (TPSA) is 12.9 Å². The van der Waals surface area contributed by atoms with Crippen molar-refractivity contribution in [2.24, 2.45) is 0 Å². The lowest BCUT2D eigenvalue weighted by Gasteiger charge is -2.36. The molecule has 1 nitrogen and oxygen atoms in total. The van der Waals surface area contributed by atoms with Crippen LogP contribution in [0.2, 0.25) is 18.1 Å². The Morgan fingerprint density at radius 1 is 1.15 bits per heavy atom. The van der Waals surface area contributed by atoms with Crippen LogP contribution in [-0.4, -0.2) is 13.1 Å². The van der Waals surface area contributed by atoms with E-state index in [1.807, 2.05) is 12.3 Å². The highest BCUT2D eigenvalue weighted by Crippen LogP contribution is 2.34. The molecule has 0 aliphatic heterocycles. The average Bonchev–Trinajstić information content (AvgIpc) is 2.04. The zero-order chi connectivity index (χ0) is 10.1. The van der Waals surface area contributed by atoms with Crippen molar-refractivity contribution < 1.29 is 0 Å². The first-order valence-electron chi connectivity index (χ1n) is 4.77.